The summed E-state index contributed by atoms with van der Waals surface area (Å²) in [6.45, 7) is 2.96. The van der Waals surface area contributed by atoms with Gasteiger partial charge in [-0.05, 0) is 51.3 Å². The molecular weight excluding hydrogens is 434 g/mol. The van der Waals surface area contributed by atoms with Crippen molar-refractivity contribution in [3.05, 3.63) is 39.3 Å². The predicted octanol–water partition coefficient (Wildman–Crippen LogP) is 5.83. The third-order valence-electron chi connectivity index (χ3n) is 3.84. The highest BCUT2D eigenvalue weighted by Gasteiger charge is 2.09. The summed E-state index contributed by atoms with van der Waals surface area (Å²) >= 11 is 7.04. The van der Waals surface area contributed by atoms with E-state index in [1.54, 1.807) is 0 Å². The SMILES string of the molecule is CCCCCCCNC(=O)COc1ccc2cc(Br)ccc2c1Br. The van der Waals surface area contributed by atoms with Crippen molar-refractivity contribution in [3.63, 3.8) is 0 Å². The summed E-state index contributed by atoms with van der Waals surface area (Å²) < 4.78 is 7.57. The lowest BCUT2D eigenvalue weighted by molar-refractivity contribution is -0.123. The van der Waals surface area contributed by atoms with Gasteiger partial charge in [0.1, 0.15) is 5.75 Å². The number of carbonyl (C=O) groups excluding carboxylic acids is 1. The van der Waals surface area contributed by atoms with E-state index in [1.165, 1.54) is 25.7 Å². The molecule has 24 heavy (non-hydrogen) atoms. The highest BCUT2D eigenvalue weighted by molar-refractivity contribution is 9.11. The molecule has 0 aliphatic carbocycles. The lowest BCUT2D eigenvalue weighted by Crippen LogP contribution is -2.29. The van der Waals surface area contributed by atoms with Crippen LogP contribution in [0.25, 0.3) is 10.8 Å². The van der Waals surface area contributed by atoms with Crippen molar-refractivity contribution in [3.8, 4) is 5.75 Å². The Morgan fingerprint density at radius 3 is 2.67 bits per heavy atom. The molecule has 0 aliphatic rings. The number of hydrogen-bond donors (Lipinski definition) is 1. The molecule has 0 fully saturated rings. The van der Waals surface area contributed by atoms with Gasteiger partial charge < -0.3 is 10.1 Å². The van der Waals surface area contributed by atoms with Gasteiger partial charge in [-0.25, -0.2) is 0 Å². The highest BCUT2D eigenvalue weighted by Crippen LogP contribution is 2.34. The van der Waals surface area contributed by atoms with Crippen molar-refractivity contribution >= 4 is 48.5 Å². The van der Waals surface area contributed by atoms with Crippen LogP contribution in [0.5, 0.6) is 5.75 Å². The first-order valence-electron chi connectivity index (χ1n) is 8.39. The number of unbranched alkanes of at least 4 members (excludes halogenated alkanes) is 4. The van der Waals surface area contributed by atoms with Gasteiger partial charge in [0, 0.05) is 11.0 Å². The van der Waals surface area contributed by atoms with Gasteiger partial charge in [-0.15, -0.1) is 0 Å². The Morgan fingerprint density at radius 2 is 1.88 bits per heavy atom. The molecule has 5 heteroatoms. The summed E-state index contributed by atoms with van der Waals surface area (Å²) in [5, 5.41) is 5.08. The Bertz CT molecular complexity index is 688. The predicted molar refractivity (Wildman–Crippen MR) is 107 cm³/mol. The molecule has 0 atom stereocenters. The van der Waals surface area contributed by atoms with Crippen molar-refractivity contribution in [1.82, 2.24) is 5.32 Å². The Balaban J connectivity index is 1.81. The van der Waals surface area contributed by atoms with Gasteiger partial charge in [-0.3, -0.25) is 4.79 Å². The molecule has 1 amide bonds. The molecular formula is C19H23Br2NO2. The van der Waals surface area contributed by atoms with Crippen LogP contribution < -0.4 is 10.1 Å². The zero-order chi connectivity index (χ0) is 17.4. The number of rotatable bonds is 9. The van der Waals surface area contributed by atoms with Crippen molar-refractivity contribution in [2.45, 2.75) is 39.0 Å². The minimum absolute atomic E-state index is 0.0373. The molecule has 0 aromatic heterocycles. The average molecular weight is 457 g/mol. The first-order valence-corrected chi connectivity index (χ1v) is 9.97. The molecule has 2 rings (SSSR count). The van der Waals surface area contributed by atoms with Crippen LogP contribution in [0, 0.1) is 0 Å². The summed E-state index contributed by atoms with van der Waals surface area (Å²) in [6, 6.07) is 9.94. The van der Waals surface area contributed by atoms with E-state index in [9.17, 15) is 4.79 Å². The quantitative estimate of drug-likeness (QED) is 0.482. The molecule has 1 N–H and O–H groups in total. The third kappa shape index (κ3) is 5.78. The third-order valence-corrected chi connectivity index (χ3v) is 5.15. The molecule has 0 unspecified atom stereocenters. The number of hydrogen-bond acceptors (Lipinski definition) is 2. The molecule has 2 aromatic carbocycles. The topological polar surface area (TPSA) is 38.3 Å². The van der Waals surface area contributed by atoms with E-state index in [-0.39, 0.29) is 12.5 Å². The number of carbonyl (C=O) groups is 1. The lowest BCUT2D eigenvalue weighted by atomic mass is 10.1. The fraction of sp³-hybridized carbons (Fsp3) is 0.421. The molecule has 0 heterocycles. The van der Waals surface area contributed by atoms with Crippen LogP contribution in [0.15, 0.2) is 39.3 Å². The van der Waals surface area contributed by atoms with Gasteiger partial charge in [-0.2, -0.15) is 0 Å². The zero-order valence-corrected chi connectivity index (χ0v) is 17.1. The number of ether oxygens (including phenoxy) is 1. The molecule has 0 radical (unpaired) electrons. The first kappa shape index (κ1) is 19.3. The largest absolute Gasteiger partial charge is 0.483 e. The van der Waals surface area contributed by atoms with Gasteiger partial charge in [0.25, 0.3) is 5.91 Å². The minimum Gasteiger partial charge on any atom is -0.483 e. The normalized spacial score (nSPS) is 10.8. The van der Waals surface area contributed by atoms with Gasteiger partial charge in [0.05, 0.1) is 4.47 Å². The molecule has 130 valence electrons. The van der Waals surface area contributed by atoms with Gasteiger partial charge in [0.15, 0.2) is 6.61 Å². The number of benzene rings is 2. The van der Waals surface area contributed by atoms with E-state index < -0.39 is 0 Å². The van der Waals surface area contributed by atoms with Crippen LogP contribution >= 0.6 is 31.9 Å². The molecule has 0 aliphatic heterocycles. The fourth-order valence-electron chi connectivity index (χ4n) is 2.50. The van der Waals surface area contributed by atoms with Crippen LogP contribution in [0.1, 0.15) is 39.0 Å². The van der Waals surface area contributed by atoms with Crippen molar-refractivity contribution in [2.75, 3.05) is 13.2 Å². The maximum atomic E-state index is 11.9. The average Bonchev–Trinajstić information content (AvgIpc) is 2.57. The molecule has 0 saturated carbocycles. The summed E-state index contributed by atoms with van der Waals surface area (Å²) in [5.74, 6) is 0.608. The Labute approximate surface area is 160 Å². The minimum atomic E-state index is -0.0757. The summed E-state index contributed by atoms with van der Waals surface area (Å²) in [6.07, 6.45) is 5.94. The molecule has 3 nitrogen and oxygen atoms in total. The van der Waals surface area contributed by atoms with E-state index >= 15 is 0 Å². The second-order valence-electron chi connectivity index (χ2n) is 5.80. The Morgan fingerprint density at radius 1 is 1.08 bits per heavy atom. The first-order chi connectivity index (χ1) is 11.6. The molecule has 2 aromatic rings. The van der Waals surface area contributed by atoms with Crippen LogP contribution in [0.4, 0.5) is 0 Å². The second-order valence-corrected chi connectivity index (χ2v) is 7.50. The standard InChI is InChI=1S/C19H23Br2NO2/c1-2-3-4-5-6-11-22-18(23)13-24-17-10-7-14-12-15(20)8-9-16(14)19(17)21/h7-10,12H,2-6,11,13H2,1H3,(H,22,23). The molecule has 0 spiro atoms. The zero-order valence-electron chi connectivity index (χ0n) is 13.9. The Hall–Kier alpha value is -1.07. The smallest absolute Gasteiger partial charge is 0.257 e. The van der Waals surface area contributed by atoms with E-state index in [0.717, 1.165) is 32.7 Å². The fourth-order valence-corrected chi connectivity index (χ4v) is 3.49. The number of amides is 1. The van der Waals surface area contributed by atoms with Gasteiger partial charge >= 0.3 is 0 Å². The molecule has 0 saturated heterocycles. The van der Waals surface area contributed by atoms with E-state index in [2.05, 4.69) is 50.2 Å². The maximum absolute atomic E-state index is 11.9. The summed E-state index contributed by atoms with van der Waals surface area (Å²) in [7, 11) is 0. The number of nitrogens with one attached hydrogen (secondary N) is 1. The summed E-state index contributed by atoms with van der Waals surface area (Å²) in [4.78, 5) is 11.9. The summed E-state index contributed by atoms with van der Waals surface area (Å²) in [5.41, 5.74) is 0. The van der Waals surface area contributed by atoms with Crippen LogP contribution in [-0.4, -0.2) is 19.1 Å². The van der Waals surface area contributed by atoms with E-state index in [4.69, 9.17) is 4.74 Å². The van der Waals surface area contributed by atoms with Crippen LogP contribution in [0.2, 0.25) is 0 Å². The maximum Gasteiger partial charge on any atom is 0.257 e. The van der Waals surface area contributed by atoms with Crippen LogP contribution in [-0.2, 0) is 4.79 Å². The molecule has 0 bridgehead atoms. The Kier molecular flexibility index (Phi) is 8.06. The second kappa shape index (κ2) is 10.0. The lowest BCUT2D eigenvalue weighted by Gasteiger charge is -2.11. The van der Waals surface area contributed by atoms with Crippen molar-refractivity contribution < 1.29 is 9.53 Å². The van der Waals surface area contributed by atoms with Crippen LogP contribution in [0.3, 0.4) is 0 Å². The van der Waals surface area contributed by atoms with Gasteiger partial charge in [-0.1, -0.05) is 60.7 Å². The monoisotopic (exact) mass is 455 g/mol. The number of fused-ring (bicyclic) bond motifs is 1. The van der Waals surface area contributed by atoms with E-state index in [0.29, 0.717) is 5.75 Å². The van der Waals surface area contributed by atoms with Crippen molar-refractivity contribution in [2.24, 2.45) is 0 Å². The highest BCUT2D eigenvalue weighted by atomic mass is 79.9. The van der Waals surface area contributed by atoms with Gasteiger partial charge in [0.2, 0.25) is 0 Å². The van der Waals surface area contributed by atoms with Crippen molar-refractivity contribution in [1.29, 1.82) is 0 Å². The van der Waals surface area contributed by atoms with E-state index in [1.807, 2.05) is 24.3 Å². The number of halogens is 2.